The van der Waals surface area contributed by atoms with E-state index in [1.165, 1.54) is 12.5 Å². The fourth-order valence-corrected chi connectivity index (χ4v) is 3.74. The Kier molecular flexibility index (Phi) is 8.14. The summed E-state index contributed by atoms with van der Waals surface area (Å²) < 4.78 is 38.6. The van der Waals surface area contributed by atoms with Crippen LogP contribution in [0.5, 0.6) is 0 Å². The molecule has 1 saturated carbocycles. The van der Waals surface area contributed by atoms with E-state index >= 15 is 0 Å². The van der Waals surface area contributed by atoms with Gasteiger partial charge in [0.05, 0.1) is 10.6 Å². The molecule has 8 heteroatoms. The van der Waals surface area contributed by atoms with Crippen LogP contribution in [0.25, 0.3) is 0 Å². The topological polar surface area (TPSA) is 15.3 Å². The van der Waals surface area contributed by atoms with Crippen LogP contribution >= 0.6 is 36.4 Å². The Labute approximate surface area is 157 Å². The molecule has 0 spiro atoms. The van der Waals surface area contributed by atoms with Crippen LogP contribution in [-0.4, -0.2) is 31.1 Å². The van der Waals surface area contributed by atoms with Gasteiger partial charge in [-0.15, -0.1) is 24.8 Å². The summed E-state index contributed by atoms with van der Waals surface area (Å²) in [7, 11) is 0. The maximum atomic E-state index is 12.9. The highest BCUT2D eigenvalue weighted by Gasteiger charge is 2.36. The van der Waals surface area contributed by atoms with Crippen molar-refractivity contribution >= 4 is 36.4 Å². The molecule has 1 heterocycles. The van der Waals surface area contributed by atoms with E-state index < -0.39 is 11.7 Å². The van der Waals surface area contributed by atoms with Gasteiger partial charge >= 0.3 is 6.18 Å². The minimum absolute atomic E-state index is 0. The van der Waals surface area contributed by atoms with Gasteiger partial charge in [-0.1, -0.05) is 24.1 Å². The molecule has 0 aromatic heterocycles. The number of piperazine rings is 1. The molecule has 3 rings (SSSR count). The van der Waals surface area contributed by atoms with E-state index in [-0.39, 0.29) is 35.9 Å². The Hall–Kier alpha value is -0.200. The van der Waals surface area contributed by atoms with Crippen molar-refractivity contribution in [1.82, 2.24) is 10.2 Å². The van der Waals surface area contributed by atoms with Gasteiger partial charge < -0.3 is 5.32 Å². The number of nitrogens with one attached hydrogen (secondary N) is 1. The highest BCUT2D eigenvalue weighted by molar-refractivity contribution is 6.31. The van der Waals surface area contributed by atoms with Crippen LogP contribution < -0.4 is 5.32 Å². The van der Waals surface area contributed by atoms with E-state index in [1.54, 1.807) is 6.07 Å². The predicted molar refractivity (Wildman–Crippen MR) is 95.5 cm³/mol. The van der Waals surface area contributed by atoms with Crippen LogP contribution in [0.3, 0.4) is 0 Å². The Morgan fingerprint density at radius 2 is 1.75 bits per heavy atom. The number of rotatable bonds is 3. The quantitative estimate of drug-likeness (QED) is 0.765. The van der Waals surface area contributed by atoms with Gasteiger partial charge in [0.25, 0.3) is 0 Å². The SMILES string of the molecule is Cl.Cl.FC(F)(F)c1ccc([C@H](C2CCC2)N2CCNCC2)cc1Cl. The van der Waals surface area contributed by atoms with E-state index in [0.717, 1.165) is 50.7 Å². The number of nitrogens with zero attached hydrogens (tertiary/aromatic N) is 1. The van der Waals surface area contributed by atoms with Crippen molar-refractivity contribution in [3.05, 3.63) is 34.3 Å². The molecule has 0 radical (unpaired) electrons. The van der Waals surface area contributed by atoms with Crippen molar-refractivity contribution in [1.29, 1.82) is 0 Å². The summed E-state index contributed by atoms with van der Waals surface area (Å²) in [4.78, 5) is 2.39. The Balaban J connectivity index is 0.00000144. The maximum Gasteiger partial charge on any atom is 0.417 e. The summed E-state index contributed by atoms with van der Waals surface area (Å²) in [5, 5.41) is 3.13. The molecule has 1 saturated heterocycles. The van der Waals surface area contributed by atoms with Crippen molar-refractivity contribution in [2.24, 2.45) is 5.92 Å². The van der Waals surface area contributed by atoms with Gasteiger partial charge in [0, 0.05) is 32.2 Å². The molecule has 1 atom stereocenters. The van der Waals surface area contributed by atoms with Crippen LogP contribution in [0.1, 0.15) is 36.4 Å². The van der Waals surface area contributed by atoms with Crippen molar-refractivity contribution in [3.63, 3.8) is 0 Å². The number of hydrogen-bond acceptors (Lipinski definition) is 2. The highest BCUT2D eigenvalue weighted by atomic mass is 35.5. The van der Waals surface area contributed by atoms with Gasteiger partial charge in [-0.25, -0.2) is 0 Å². The van der Waals surface area contributed by atoms with E-state index in [2.05, 4.69) is 10.2 Å². The molecule has 138 valence electrons. The monoisotopic (exact) mass is 404 g/mol. The van der Waals surface area contributed by atoms with Gasteiger partial charge in [0.1, 0.15) is 0 Å². The van der Waals surface area contributed by atoms with Crippen LogP contribution in [0.15, 0.2) is 18.2 Å². The first-order chi connectivity index (χ1) is 10.5. The lowest BCUT2D eigenvalue weighted by molar-refractivity contribution is -0.137. The number of benzene rings is 1. The average Bonchev–Trinajstić information content (AvgIpc) is 2.42. The van der Waals surface area contributed by atoms with Gasteiger partial charge in [-0.2, -0.15) is 13.2 Å². The minimum Gasteiger partial charge on any atom is -0.314 e. The third-order valence-corrected chi connectivity index (χ3v) is 5.09. The molecule has 2 aliphatic rings. The Bertz CT molecular complexity index is 530. The molecular weight excluding hydrogens is 384 g/mol. The zero-order chi connectivity index (χ0) is 15.7. The van der Waals surface area contributed by atoms with Gasteiger partial charge in [-0.05, 0) is 36.5 Å². The molecule has 1 aliphatic carbocycles. The van der Waals surface area contributed by atoms with Crippen molar-refractivity contribution in [3.8, 4) is 0 Å². The molecule has 2 fully saturated rings. The fourth-order valence-electron chi connectivity index (χ4n) is 3.44. The standard InChI is InChI=1S/C16H20ClF3N2.2ClH/c17-14-10-12(4-5-13(14)16(18,19)20)15(11-2-1-3-11)22-8-6-21-7-9-22;;/h4-5,10-11,15,21H,1-3,6-9H2;2*1H/t15-;;/m0../s1. The molecular formula is C16H22Cl3F3N2. The van der Waals surface area contributed by atoms with Crippen molar-refractivity contribution in [2.75, 3.05) is 26.2 Å². The van der Waals surface area contributed by atoms with Gasteiger partial charge in [0.15, 0.2) is 0 Å². The number of alkyl halides is 3. The maximum absolute atomic E-state index is 12.9. The summed E-state index contributed by atoms with van der Waals surface area (Å²) in [6.07, 6.45) is -0.890. The van der Waals surface area contributed by atoms with Crippen molar-refractivity contribution in [2.45, 2.75) is 31.5 Å². The summed E-state index contributed by atoms with van der Waals surface area (Å²) in [5.74, 6) is 0.533. The van der Waals surface area contributed by atoms with E-state index in [9.17, 15) is 13.2 Å². The van der Waals surface area contributed by atoms with Crippen LogP contribution in [0.2, 0.25) is 5.02 Å². The van der Waals surface area contributed by atoms with Crippen LogP contribution in [-0.2, 0) is 6.18 Å². The molecule has 1 aromatic carbocycles. The lowest BCUT2D eigenvalue weighted by Gasteiger charge is -2.43. The van der Waals surface area contributed by atoms with E-state index in [0.29, 0.717) is 5.92 Å². The molecule has 0 bridgehead atoms. The van der Waals surface area contributed by atoms with Gasteiger partial charge in [0.2, 0.25) is 0 Å². The molecule has 0 unspecified atom stereocenters. The lowest BCUT2D eigenvalue weighted by Crippen LogP contribution is -2.47. The Morgan fingerprint density at radius 3 is 2.21 bits per heavy atom. The molecule has 2 nitrogen and oxygen atoms in total. The second-order valence-corrected chi connectivity index (χ2v) is 6.57. The zero-order valence-corrected chi connectivity index (χ0v) is 15.5. The molecule has 1 aromatic rings. The molecule has 0 amide bonds. The summed E-state index contributed by atoms with van der Waals surface area (Å²) in [6.45, 7) is 3.72. The first-order valence-electron chi connectivity index (χ1n) is 7.78. The van der Waals surface area contributed by atoms with E-state index in [1.807, 2.05) is 0 Å². The average molecular weight is 406 g/mol. The summed E-state index contributed by atoms with van der Waals surface area (Å²) in [5.41, 5.74) is 0.176. The summed E-state index contributed by atoms with van der Waals surface area (Å²) >= 11 is 5.91. The lowest BCUT2D eigenvalue weighted by atomic mass is 9.76. The molecule has 1 N–H and O–H groups in total. The Morgan fingerprint density at radius 1 is 1.12 bits per heavy atom. The highest BCUT2D eigenvalue weighted by Crippen LogP contribution is 2.43. The molecule has 1 aliphatic heterocycles. The van der Waals surface area contributed by atoms with Crippen molar-refractivity contribution < 1.29 is 13.2 Å². The fraction of sp³-hybridized carbons (Fsp3) is 0.625. The number of hydrogen-bond donors (Lipinski definition) is 1. The summed E-state index contributed by atoms with van der Waals surface area (Å²) in [6, 6.07) is 4.45. The van der Waals surface area contributed by atoms with Crippen LogP contribution in [0, 0.1) is 5.92 Å². The normalized spacial score (nSPS) is 20.5. The first-order valence-corrected chi connectivity index (χ1v) is 8.16. The third kappa shape index (κ3) is 4.70. The van der Waals surface area contributed by atoms with Gasteiger partial charge in [-0.3, -0.25) is 4.90 Å². The minimum atomic E-state index is -4.39. The number of halogens is 6. The first kappa shape index (κ1) is 21.8. The second-order valence-electron chi connectivity index (χ2n) is 6.16. The smallest absolute Gasteiger partial charge is 0.314 e. The zero-order valence-electron chi connectivity index (χ0n) is 13.1. The largest absolute Gasteiger partial charge is 0.417 e. The third-order valence-electron chi connectivity index (χ3n) is 4.78. The predicted octanol–water partition coefficient (Wildman–Crippen LogP) is 4.95. The second kappa shape index (κ2) is 8.95. The van der Waals surface area contributed by atoms with Crippen LogP contribution in [0.4, 0.5) is 13.2 Å². The molecule has 24 heavy (non-hydrogen) atoms. The van der Waals surface area contributed by atoms with E-state index in [4.69, 9.17) is 11.6 Å².